The third-order valence-electron chi connectivity index (χ3n) is 4.92. The number of benzene rings is 2. The fourth-order valence-corrected chi connectivity index (χ4v) is 3.86. The summed E-state index contributed by atoms with van der Waals surface area (Å²) < 4.78 is 5.31. The molecule has 2 aromatic carbocycles. The molecule has 6 nitrogen and oxygen atoms in total. The molecule has 2 N–H and O–H groups in total. The molecule has 156 valence electrons. The molecule has 3 rings (SSSR count). The normalized spacial score (nSPS) is 16.2. The molecular weight excluding hydrogens is 398 g/mol. The maximum atomic E-state index is 12.7. The van der Waals surface area contributed by atoms with E-state index >= 15 is 0 Å². The number of anilines is 1. The SMILES string of the molecule is CCOC(=O)C1=C(C)N(CC)C(=S)N[C@@H]1c1cccc(NC(=O)c2ccccc2)c1. The van der Waals surface area contributed by atoms with Crippen LogP contribution in [0.3, 0.4) is 0 Å². The minimum Gasteiger partial charge on any atom is -0.463 e. The number of allylic oxidation sites excluding steroid dienone is 1. The van der Waals surface area contributed by atoms with Crippen LogP contribution in [0, 0.1) is 0 Å². The lowest BCUT2D eigenvalue weighted by molar-refractivity contribution is -0.139. The molecule has 0 saturated heterocycles. The van der Waals surface area contributed by atoms with Gasteiger partial charge in [-0.15, -0.1) is 0 Å². The molecule has 1 aliphatic heterocycles. The highest BCUT2D eigenvalue weighted by molar-refractivity contribution is 7.80. The van der Waals surface area contributed by atoms with Crippen molar-refractivity contribution in [3.05, 3.63) is 77.0 Å². The van der Waals surface area contributed by atoms with Crippen LogP contribution in [0.15, 0.2) is 65.9 Å². The second kappa shape index (κ2) is 9.54. The second-order valence-corrected chi connectivity index (χ2v) is 7.18. The van der Waals surface area contributed by atoms with Crippen LogP contribution >= 0.6 is 12.2 Å². The quantitative estimate of drug-likeness (QED) is 0.540. The van der Waals surface area contributed by atoms with Gasteiger partial charge in [0.25, 0.3) is 5.91 Å². The summed E-state index contributed by atoms with van der Waals surface area (Å²) in [5, 5.41) is 6.71. The molecule has 0 unspecified atom stereocenters. The topological polar surface area (TPSA) is 70.7 Å². The summed E-state index contributed by atoms with van der Waals surface area (Å²) in [6, 6.07) is 15.9. The molecule has 0 aromatic heterocycles. The van der Waals surface area contributed by atoms with E-state index in [1.54, 1.807) is 19.1 Å². The zero-order valence-electron chi connectivity index (χ0n) is 17.3. The van der Waals surface area contributed by atoms with Crippen molar-refractivity contribution < 1.29 is 14.3 Å². The number of hydrogen-bond acceptors (Lipinski definition) is 4. The number of carbonyl (C=O) groups is 2. The van der Waals surface area contributed by atoms with Crippen molar-refractivity contribution in [2.75, 3.05) is 18.5 Å². The second-order valence-electron chi connectivity index (χ2n) is 6.79. The van der Waals surface area contributed by atoms with Crippen molar-refractivity contribution in [3.63, 3.8) is 0 Å². The van der Waals surface area contributed by atoms with Crippen LogP contribution < -0.4 is 10.6 Å². The Balaban J connectivity index is 1.94. The van der Waals surface area contributed by atoms with Crippen LogP contribution in [0.25, 0.3) is 0 Å². The summed E-state index contributed by atoms with van der Waals surface area (Å²) in [5.74, 6) is -0.582. The standard InChI is InChI=1S/C23H25N3O3S/c1-4-26-15(3)19(22(28)29-5-2)20(25-23(26)30)17-12-9-13-18(14-17)24-21(27)16-10-7-6-8-11-16/h6-14,20H,4-5H2,1-3H3,(H,24,27)(H,25,30)/t20-/m1/s1. The van der Waals surface area contributed by atoms with E-state index in [2.05, 4.69) is 10.6 Å². The van der Waals surface area contributed by atoms with Gasteiger partial charge in [0.05, 0.1) is 18.2 Å². The lowest BCUT2D eigenvalue weighted by atomic mass is 9.94. The molecule has 0 aliphatic carbocycles. The fraction of sp³-hybridized carbons (Fsp3) is 0.261. The van der Waals surface area contributed by atoms with Gasteiger partial charge in [0, 0.05) is 23.5 Å². The molecule has 0 bridgehead atoms. The highest BCUT2D eigenvalue weighted by Gasteiger charge is 2.34. The third kappa shape index (κ3) is 4.52. The largest absolute Gasteiger partial charge is 0.463 e. The summed E-state index contributed by atoms with van der Waals surface area (Å²) in [5.41, 5.74) is 3.29. The van der Waals surface area contributed by atoms with Crippen LogP contribution in [0.1, 0.15) is 42.7 Å². The molecule has 1 atom stereocenters. The molecule has 1 amide bonds. The van der Waals surface area contributed by atoms with E-state index in [9.17, 15) is 9.59 Å². The van der Waals surface area contributed by atoms with E-state index < -0.39 is 6.04 Å². The van der Waals surface area contributed by atoms with Crippen LogP contribution in [0.2, 0.25) is 0 Å². The van der Waals surface area contributed by atoms with Crippen LogP contribution in [-0.4, -0.2) is 35.0 Å². The molecule has 1 heterocycles. The first-order valence-electron chi connectivity index (χ1n) is 9.88. The number of esters is 1. The Morgan fingerprint density at radius 2 is 1.87 bits per heavy atom. The van der Waals surface area contributed by atoms with Gasteiger partial charge >= 0.3 is 5.97 Å². The lowest BCUT2D eigenvalue weighted by Crippen LogP contribution is -2.47. The highest BCUT2D eigenvalue weighted by Crippen LogP contribution is 2.32. The van der Waals surface area contributed by atoms with Crippen LogP contribution in [0.4, 0.5) is 5.69 Å². The van der Waals surface area contributed by atoms with Gasteiger partial charge in [-0.1, -0.05) is 30.3 Å². The molecule has 2 aromatic rings. The smallest absolute Gasteiger partial charge is 0.338 e. The first-order chi connectivity index (χ1) is 14.5. The van der Waals surface area contributed by atoms with Crippen molar-refractivity contribution in [3.8, 4) is 0 Å². The Labute approximate surface area is 181 Å². The van der Waals surface area contributed by atoms with Gasteiger partial charge in [0.15, 0.2) is 5.11 Å². The molecule has 30 heavy (non-hydrogen) atoms. The van der Waals surface area contributed by atoms with Crippen molar-refractivity contribution in [1.29, 1.82) is 0 Å². The summed E-state index contributed by atoms with van der Waals surface area (Å²) in [6.45, 7) is 6.55. The minimum absolute atomic E-state index is 0.200. The number of hydrogen-bond donors (Lipinski definition) is 2. The molecule has 0 saturated carbocycles. The monoisotopic (exact) mass is 423 g/mol. The van der Waals surface area contributed by atoms with E-state index in [1.165, 1.54) is 0 Å². The van der Waals surface area contributed by atoms with E-state index in [4.69, 9.17) is 17.0 Å². The molecule has 0 spiro atoms. The predicted molar refractivity (Wildman–Crippen MR) is 121 cm³/mol. The van der Waals surface area contributed by atoms with Crippen molar-refractivity contribution in [1.82, 2.24) is 10.2 Å². The molecule has 1 aliphatic rings. The first kappa shape index (κ1) is 21.5. The fourth-order valence-electron chi connectivity index (χ4n) is 3.47. The zero-order chi connectivity index (χ0) is 21.7. The van der Waals surface area contributed by atoms with Crippen molar-refractivity contribution in [2.24, 2.45) is 0 Å². The van der Waals surface area contributed by atoms with Gasteiger partial charge in [0.2, 0.25) is 0 Å². The Morgan fingerprint density at radius 1 is 1.13 bits per heavy atom. The number of ether oxygens (including phenoxy) is 1. The molecule has 0 fully saturated rings. The molecular formula is C23H25N3O3S. The summed E-state index contributed by atoms with van der Waals surface area (Å²) >= 11 is 5.51. The van der Waals surface area contributed by atoms with E-state index in [0.29, 0.717) is 28.5 Å². The average Bonchev–Trinajstić information content (AvgIpc) is 2.74. The van der Waals surface area contributed by atoms with Gasteiger partial charge < -0.3 is 20.3 Å². The van der Waals surface area contributed by atoms with E-state index in [-0.39, 0.29) is 18.5 Å². The van der Waals surface area contributed by atoms with Crippen molar-refractivity contribution in [2.45, 2.75) is 26.8 Å². The minimum atomic E-state index is -0.465. The first-order valence-corrected chi connectivity index (χ1v) is 10.3. The summed E-state index contributed by atoms with van der Waals surface area (Å²) in [7, 11) is 0. The number of thiocarbonyl (C=S) groups is 1. The number of nitrogens with zero attached hydrogens (tertiary/aromatic N) is 1. The van der Waals surface area contributed by atoms with Crippen LogP contribution in [-0.2, 0) is 9.53 Å². The maximum absolute atomic E-state index is 12.7. The van der Waals surface area contributed by atoms with Gasteiger partial charge in [-0.05, 0) is 62.8 Å². The van der Waals surface area contributed by atoms with Crippen LogP contribution in [0.5, 0.6) is 0 Å². The summed E-state index contributed by atoms with van der Waals surface area (Å²) in [4.78, 5) is 27.1. The van der Waals surface area contributed by atoms with E-state index in [1.807, 2.05) is 61.2 Å². The number of carbonyl (C=O) groups excluding carboxylic acids is 2. The zero-order valence-corrected chi connectivity index (χ0v) is 18.1. The Hall–Kier alpha value is -3.19. The lowest BCUT2D eigenvalue weighted by Gasteiger charge is -2.37. The summed E-state index contributed by atoms with van der Waals surface area (Å²) in [6.07, 6.45) is 0. The Kier molecular flexibility index (Phi) is 6.84. The average molecular weight is 424 g/mol. The van der Waals surface area contributed by atoms with Gasteiger partial charge in [-0.3, -0.25) is 4.79 Å². The maximum Gasteiger partial charge on any atom is 0.338 e. The van der Waals surface area contributed by atoms with E-state index in [0.717, 1.165) is 11.3 Å². The van der Waals surface area contributed by atoms with Crippen molar-refractivity contribution >= 4 is 34.9 Å². The number of amides is 1. The van der Waals surface area contributed by atoms with Gasteiger partial charge in [0.1, 0.15) is 0 Å². The Bertz CT molecular complexity index is 988. The molecule has 0 radical (unpaired) electrons. The predicted octanol–water partition coefficient (Wildman–Crippen LogP) is 4.03. The van der Waals surface area contributed by atoms with Gasteiger partial charge in [-0.2, -0.15) is 0 Å². The molecule has 7 heteroatoms. The van der Waals surface area contributed by atoms with Gasteiger partial charge in [-0.25, -0.2) is 4.79 Å². The highest BCUT2D eigenvalue weighted by atomic mass is 32.1. The third-order valence-corrected chi connectivity index (χ3v) is 5.26. The Morgan fingerprint density at radius 3 is 2.53 bits per heavy atom. The number of rotatable bonds is 6. The number of nitrogens with one attached hydrogen (secondary N) is 2.